The van der Waals surface area contributed by atoms with Crippen LogP contribution < -0.4 is 20.3 Å². The maximum Gasteiger partial charge on any atom is 0.387 e. The standard InChI is InChI=1S/C26H31ClF2N4O5S/c1-15(2)13-33(17-4-5-17)19(12-30-25(36)21-7-8-22(27)39-21)24(35)31-16-3-6-18(20(11-16)38-26(28)29)32-9-10-37-14-23(32)34/h3,6-8,11,15,17,19,26H,4-5,9-10,12-14H2,1-2H3,(H,30,36)(H,31,35)/t19-/m0/s1. The van der Waals surface area contributed by atoms with Gasteiger partial charge in [-0.15, -0.1) is 11.3 Å². The highest BCUT2D eigenvalue weighted by Crippen LogP contribution is 2.34. The Kier molecular flexibility index (Phi) is 9.76. The van der Waals surface area contributed by atoms with Crippen molar-refractivity contribution in [2.45, 2.75) is 45.4 Å². The Bertz CT molecular complexity index is 1190. The molecule has 2 N–H and O–H groups in total. The zero-order valence-corrected chi connectivity index (χ0v) is 23.2. The highest BCUT2D eigenvalue weighted by atomic mass is 35.5. The fraction of sp³-hybridized carbons (Fsp3) is 0.500. The smallest absolute Gasteiger partial charge is 0.387 e. The number of anilines is 2. The molecule has 2 fully saturated rings. The van der Waals surface area contributed by atoms with Gasteiger partial charge in [-0.1, -0.05) is 25.4 Å². The summed E-state index contributed by atoms with van der Waals surface area (Å²) in [5.74, 6) is -1.08. The molecule has 0 bridgehead atoms. The summed E-state index contributed by atoms with van der Waals surface area (Å²) in [5.41, 5.74) is 0.390. The van der Waals surface area contributed by atoms with Crippen molar-refractivity contribution in [3.8, 4) is 5.75 Å². The van der Waals surface area contributed by atoms with Crippen LogP contribution in [-0.2, 0) is 14.3 Å². The number of benzene rings is 1. The number of carbonyl (C=O) groups is 3. The lowest BCUT2D eigenvalue weighted by Crippen LogP contribution is -2.52. The maximum absolute atomic E-state index is 13.6. The number of amides is 3. The summed E-state index contributed by atoms with van der Waals surface area (Å²) in [7, 11) is 0. The molecule has 13 heteroatoms. The summed E-state index contributed by atoms with van der Waals surface area (Å²) in [6.07, 6.45) is 1.89. The van der Waals surface area contributed by atoms with Crippen LogP contribution in [-0.4, -0.2) is 74.2 Å². The summed E-state index contributed by atoms with van der Waals surface area (Å²) in [6, 6.07) is 7.02. The predicted molar refractivity (Wildman–Crippen MR) is 145 cm³/mol. The van der Waals surface area contributed by atoms with E-state index in [-0.39, 0.29) is 67.2 Å². The number of carbonyl (C=O) groups excluding carboxylic acids is 3. The number of nitrogens with zero attached hydrogens (tertiary/aromatic N) is 2. The summed E-state index contributed by atoms with van der Waals surface area (Å²) >= 11 is 7.10. The van der Waals surface area contributed by atoms with Crippen LogP contribution in [0, 0.1) is 5.92 Å². The van der Waals surface area contributed by atoms with Crippen LogP contribution in [0.2, 0.25) is 4.34 Å². The lowest BCUT2D eigenvalue weighted by Gasteiger charge is -2.32. The van der Waals surface area contributed by atoms with Gasteiger partial charge < -0.3 is 25.0 Å². The van der Waals surface area contributed by atoms with Crippen LogP contribution in [0.4, 0.5) is 20.2 Å². The topological polar surface area (TPSA) is 100 Å². The molecule has 0 unspecified atom stereocenters. The second kappa shape index (κ2) is 13.0. The predicted octanol–water partition coefficient (Wildman–Crippen LogP) is 4.22. The largest absolute Gasteiger partial charge is 0.433 e. The van der Waals surface area contributed by atoms with Crippen molar-refractivity contribution in [3.63, 3.8) is 0 Å². The number of hydrogen-bond donors (Lipinski definition) is 2. The second-order valence-electron chi connectivity index (χ2n) is 9.80. The number of thiophene rings is 1. The van der Waals surface area contributed by atoms with E-state index in [1.165, 1.54) is 23.1 Å². The Labute approximate surface area is 234 Å². The number of ether oxygens (including phenoxy) is 2. The highest BCUT2D eigenvalue weighted by Gasteiger charge is 2.38. The first-order valence-electron chi connectivity index (χ1n) is 12.7. The van der Waals surface area contributed by atoms with Crippen LogP contribution in [0.1, 0.15) is 36.4 Å². The molecule has 39 heavy (non-hydrogen) atoms. The van der Waals surface area contributed by atoms with Gasteiger partial charge in [0.25, 0.3) is 11.8 Å². The van der Waals surface area contributed by atoms with Crippen molar-refractivity contribution < 1.29 is 32.6 Å². The molecular weight excluding hydrogens is 554 g/mol. The van der Waals surface area contributed by atoms with E-state index < -0.39 is 18.6 Å². The molecule has 1 aromatic carbocycles. The Balaban J connectivity index is 1.55. The van der Waals surface area contributed by atoms with Crippen LogP contribution in [0.15, 0.2) is 30.3 Å². The van der Waals surface area contributed by atoms with Gasteiger partial charge in [-0.25, -0.2) is 0 Å². The number of halogens is 3. The van der Waals surface area contributed by atoms with Gasteiger partial charge in [-0.3, -0.25) is 19.3 Å². The molecular formula is C26H31ClF2N4O5S. The average Bonchev–Trinajstić information content (AvgIpc) is 3.63. The fourth-order valence-electron chi connectivity index (χ4n) is 4.44. The fourth-order valence-corrected chi connectivity index (χ4v) is 5.39. The van der Waals surface area contributed by atoms with Crippen molar-refractivity contribution in [1.29, 1.82) is 0 Å². The molecule has 1 saturated carbocycles. The van der Waals surface area contributed by atoms with E-state index in [0.29, 0.717) is 15.8 Å². The van der Waals surface area contributed by atoms with Crippen LogP contribution in [0.3, 0.4) is 0 Å². The molecule has 3 amide bonds. The zero-order chi connectivity index (χ0) is 28.1. The SMILES string of the molecule is CC(C)CN(C1CC1)[C@@H](CNC(=O)c1ccc(Cl)s1)C(=O)Nc1ccc(N2CCOCC2=O)c(OC(F)F)c1. The van der Waals surface area contributed by atoms with Crippen LogP contribution >= 0.6 is 22.9 Å². The number of morpholine rings is 1. The Hall–Kier alpha value is -2.80. The zero-order valence-electron chi connectivity index (χ0n) is 21.6. The Morgan fingerprint density at radius 1 is 1.26 bits per heavy atom. The average molecular weight is 585 g/mol. The lowest BCUT2D eigenvalue weighted by molar-refractivity contribution is -0.126. The van der Waals surface area contributed by atoms with Gasteiger partial charge in [0, 0.05) is 37.4 Å². The summed E-state index contributed by atoms with van der Waals surface area (Å²) < 4.78 is 36.8. The lowest BCUT2D eigenvalue weighted by atomic mass is 10.1. The normalized spacial score (nSPS) is 16.6. The molecule has 1 atom stereocenters. The van der Waals surface area contributed by atoms with E-state index in [9.17, 15) is 23.2 Å². The van der Waals surface area contributed by atoms with E-state index in [1.54, 1.807) is 12.1 Å². The first-order valence-corrected chi connectivity index (χ1v) is 13.9. The Morgan fingerprint density at radius 3 is 2.64 bits per heavy atom. The molecule has 2 aliphatic rings. The highest BCUT2D eigenvalue weighted by molar-refractivity contribution is 7.18. The maximum atomic E-state index is 13.6. The number of nitrogens with one attached hydrogen (secondary N) is 2. The van der Waals surface area contributed by atoms with Crippen molar-refractivity contribution in [1.82, 2.24) is 10.2 Å². The van der Waals surface area contributed by atoms with Gasteiger partial charge in [-0.2, -0.15) is 8.78 Å². The molecule has 2 aromatic rings. The third kappa shape index (κ3) is 7.87. The molecule has 9 nitrogen and oxygen atoms in total. The van der Waals surface area contributed by atoms with Crippen molar-refractivity contribution in [3.05, 3.63) is 39.5 Å². The summed E-state index contributed by atoms with van der Waals surface area (Å²) in [6.45, 7) is 1.95. The van der Waals surface area contributed by atoms with E-state index in [1.807, 2.05) is 0 Å². The minimum absolute atomic E-state index is 0.0458. The van der Waals surface area contributed by atoms with Gasteiger partial charge in [0.05, 0.1) is 21.5 Å². The Morgan fingerprint density at radius 2 is 2.03 bits per heavy atom. The summed E-state index contributed by atoms with van der Waals surface area (Å²) in [4.78, 5) is 42.4. The first kappa shape index (κ1) is 29.2. The van der Waals surface area contributed by atoms with Crippen molar-refractivity contribution in [2.75, 3.05) is 43.1 Å². The minimum atomic E-state index is -3.13. The molecule has 0 radical (unpaired) electrons. The van der Waals surface area contributed by atoms with Gasteiger partial charge in [0.1, 0.15) is 12.6 Å². The molecule has 1 aliphatic carbocycles. The van der Waals surface area contributed by atoms with Gasteiger partial charge in [0.2, 0.25) is 5.91 Å². The molecule has 0 spiro atoms. The van der Waals surface area contributed by atoms with Gasteiger partial charge in [0.15, 0.2) is 5.75 Å². The van der Waals surface area contributed by atoms with E-state index in [0.717, 1.165) is 24.2 Å². The molecule has 1 saturated heterocycles. The quantitative estimate of drug-likeness (QED) is 0.387. The van der Waals surface area contributed by atoms with E-state index in [2.05, 4.69) is 29.4 Å². The third-order valence-corrected chi connectivity index (χ3v) is 7.50. The molecule has 1 aromatic heterocycles. The van der Waals surface area contributed by atoms with Crippen LogP contribution in [0.5, 0.6) is 5.75 Å². The van der Waals surface area contributed by atoms with Gasteiger partial charge >= 0.3 is 6.61 Å². The molecule has 212 valence electrons. The monoisotopic (exact) mass is 584 g/mol. The minimum Gasteiger partial charge on any atom is -0.433 e. The second-order valence-corrected chi connectivity index (χ2v) is 11.5. The van der Waals surface area contributed by atoms with Crippen molar-refractivity contribution in [2.24, 2.45) is 5.92 Å². The molecule has 2 heterocycles. The van der Waals surface area contributed by atoms with Gasteiger partial charge in [-0.05, 0) is 43.0 Å². The number of rotatable bonds is 12. The molecule has 1 aliphatic heterocycles. The van der Waals surface area contributed by atoms with E-state index >= 15 is 0 Å². The summed E-state index contributed by atoms with van der Waals surface area (Å²) in [5, 5.41) is 5.64. The van der Waals surface area contributed by atoms with Crippen molar-refractivity contribution >= 4 is 52.0 Å². The number of hydrogen-bond acceptors (Lipinski definition) is 7. The first-order chi connectivity index (χ1) is 18.6. The number of alkyl halides is 2. The molecule has 4 rings (SSSR count). The van der Waals surface area contributed by atoms with Crippen LogP contribution in [0.25, 0.3) is 0 Å². The van der Waals surface area contributed by atoms with E-state index in [4.69, 9.17) is 21.1 Å². The third-order valence-electron chi connectivity index (χ3n) is 6.27.